The SMILES string of the molecule is CCc1ccc(C(=O)Nc2ccc(N)c(OC)c2)cc1. The number of anilines is 2. The number of carbonyl (C=O) groups excluding carboxylic acids is 1. The van der Waals surface area contributed by atoms with E-state index in [9.17, 15) is 4.79 Å². The molecule has 0 saturated heterocycles. The van der Waals surface area contributed by atoms with Gasteiger partial charge in [-0.2, -0.15) is 0 Å². The molecule has 104 valence electrons. The van der Waals surface area contributed by atoms with Gasteiger partial charge in [-0.25, -0.2) is 0 Å². The van der Waals surface area contributed by atoms with Gasteiger partial charge >= 0.3 is 0 Å². The lowest BCUT2D eigenvalue weighted by molar-refractivity contribution is 0.102. The van der Waals surface area contributed by atoms with Crippen LogP contribution >= 0.6 is 0 Å². The summed E-state index contributed by atoms with van der Waals surface area (Å²) in [5.74, 6) is 0.392. The maximum atomic E-state index is 12.1. The van der Waals surface area contributed by atoms with Gasteiger partial charge in [0.1, 0.15) is 5.75 Å². The van der Waals surface area contributed by atoms with Crippen molar-refractivity contribution in [3.05, 3.63) is 53.6 Å². The number of benzene rings is 2. The van der Waals surface area contributed by atoms with E-state index in [1.807, 2.05) is 24.3 Å². The molecule has 0 atom stereocenters. The molecule has 2 aromatic rings. The minimum Gasteiger partial charge on any atom is -0.495 e. The molecule has 0 heterocycles. The van der Waals surface area contributed by atoms with Crippen molar-refractivity contribution in [1.82, 2.24) is 0 Å². The van der Waals surface area contributed by atoms with E-state index in [4.69, 9.17) is 10.5 Å². The fourth-order valence-corrected chi connectivity index (χ4v) is 1.88. The highest BCUT2D eigenvalue weighted by Crippen LogP contribution is 2.25. The second-order valence-electron chi connectivity index (χ2n) is 4.46. The maximum Gasteiger partial charge on any atom is 0.255 e. The van der Waals surface area contributed by atoms with E-state index in [1.165, 1.54) is 5.56 Å². The van der Waals surface area contributed by atoms with Crippen molar-refractivity contribution < 1.29 is 9.53 Å². The average molecular weight is 270 g/mol. The number of hydrogen-bond donors (Lipinski definition) is 2. The highest BCUT2D eigenvalue weighted by Gasteiger charge is 2.07. The zero-order valence-corrected chi connectivity index (χ0v) is 11.6. The zero-order valence-electron chi connectivity index (χ0n) is 11.6. The van der Waals surface area contributed by atoms with Crippen LogP contribution in [0.4, 0.5) is 11.4 Å². The molecule has 0 aliphatic heterocycles. The Balaban J connectivity index is 2.14. The number of methoxy groups -OCH3 is 1. The van der Waals surface area contributed by atoms with Crippen molar-refractivity contribution in [2.75, 3.05) is 18.2 Å². The molecule has 0 fully saturated rings. The van der Waals surface area contributed by atoms with Gasteiger partial charge in [0.15, 0.2) is 0 Å². The molecule has 3 N–H and O–H groups in total. The Bertz CT molecular complexity index is 606. The van der Waals surface area contributed by atoms with Crippen LogP contribution < -0.4 is 15.8 Å². The van der Waals surface area contributed by atoms with E-state index in [-0.39, 0.29) is 5.91 Å². The molecule has 4 heteroatoms. The summed E-state index contributed by atoms with van der Waals surface area (Å²) >= 11 is 0. The molecule has 2 rings (SSSR count). The monoisotopic (exact) mass is 270 g/mol. The molecule has 0 unspecified atom stereocenters. The van der Waals surface area contributed by atoms with Gasteiger partial charge < -0.3 is 15.8 Å². The Hall–Kier alpha value is -2.49. The van der Waals surface area contributed by atoms with Crippen LogP contribution in [0.1, 0.15) is 22.8 Å². The molecule has 0 saturated carbocycles. The molecule has 20 heavy (non-hydrogen) atoms. The molecule has 0 aliphatic carbocycles. The van der Waals surface area contributed by atoms with Crippen LogP contribution in [0.15, 0.2) is 42.5 Å². The fraction of sp³-hybridized carbons (Fsp3) is 0.188. The summed E-state index contributed by atoms with van der Waals surface area (Å²) in [7, 11) is 1.54. The largest absolute Gasteiger partial charge is 0.495 e. The summed E-state index contributed by atoms with van der Waals surface area (Å²) in [5, 5.41) is 2.82. The number of amides is 1. The first kappa shape index (κ1) is 13.9. The summed E-state index contributed by atoms with van der Waals surface area (Å²) in [6.45, 7) is 2.08. The molecule has 0 radical (unpaired) electrons. The highest BCUT2D eigenvalue weighted by atomic mass is 16.5. The van der Waals surface area contributed by atoms with Crippen molar-refractivity contribution in [2.24, 2.45) is 0 Å². The first-order valence-electron chi connectivity index (χ1n) is 6.48. The lowest BCUT2D eigenvalue weighted by Crippen LogP contribution is -2.12. The highest BCUT2D eigenvalue weighted by molar-refractivity contribution is 6.04. The van der Waals surface area contributed by atoms with Crippen LogP contribution in [-0.2, 0) is 6.42 Å². The van der Waals surface area contributed by atoms with Crippen LogP contribution in [0, 0.1) is 0 Å². The molecule has 0 bridgehead atoms. The summed E-state index contributed by atoms with van der Waals surface area (Å²) in [5.41, 5.74) is 8.76. The molecule has 0 aromatic heterocycles. The van der Waals surface area contributed by atoms with E-state index in [2.05, 4.69) is 12.2 Å². The Morgan fingerprint density at radius 2 is 1.90 bits per heavy atom. The predicted octanol–water partition coefficient (Wildman–Crippen LogP) is 3.09. The fourth-order valence-electron chi connectivity index (χ4n) is 1.88. The van der Waals surface area contributed by atoms with Crippen molar-refractivity contribution in [3.8, 4) is 5.75 Å². The Labute approximate surface area is 118 Å². The molecule has 1 amide bonds. The van der Waals surface area contributed by atoms with E-state index in [0.717, 1.165) is 6.42 Å². The third kappa shape index (κ3) is 3.09. The number of hydrogen-bond acceptors (Lipinski definition) is 3. The van der Waals surface area contributed by atoms with E-state index in [0.29, 0.717) is 22.7 Å². The first-order valence-corrected chi connectivity index (χ1v) is 6.48. The summed E-state index contributed by atoms with van der Waals surface area (Å²) in [6, 6.07) is 12.7. The lowest BCUT2D eigenvalue weighted by Gasteiger charge is -2.09. The van der Waals surface area contributed by atoms with Gasteiger partial charge in [-0.3, -0.25) is 4.79 Å². The summed E-state index contributed by atoms with van der Waals surface area (Å²) in [6.07, 6.45) is 0.955. The number of rotatable bonds is 4. The van der Waals surface area contributed by atoms with E-state index < -0.39 is 0 Å². The maximum absolute atomic E-state index is 12.1. The third-order valence-corrected chi connectivity index (χ3v) is 3.12. The number of ether oxygens (including phenoxy) is 1. The van der Waals surface area contributed by atoms with Crippen molar-refractivity contribution in [2.45, 2.75) is 13.3 Å². The van der Waals surface area contributed by atoms with Crippen LogP contribution in [0.3, 0.4) is 0 Å². The van der Waals surface area contributed by atoms with Gasteiger partial charge in [-0.1, -0.05) is 19.1 Å². The van der Waals surface area contributed by atoms with Gasteiger partial charge in [-0.15, -0.1) is 0 Å². The van der Waals surface area contributed by atoms with E-state index >= 15 is 0 Å². The van der Waals surface area contributed by atoms with Gasteiger partial charge in [-0.05, 0) is 36.2 Å². The normalized spacial score (nSPS) is 10.1. The molecule has 4 nitrogen and oxygen atoms in total. The van der Waals surface area contributed by atoms with Crippen molar-refractivity contribution in [1.29, 1.82) is 0 Å². The van der Waals surface area contributed by atoms with Gasteiger partial charge in [0.2, 0.25) is 0 Å². The quantitative estimate of drug-likeness (QED) is 0.839. The Morgan fingerprint density at radius 1 is 1.20 bits per heavy atom. The average Bonchev–Trinajstić information content (AvgIpc) is 2.49. The van der Waals surface area contributed by atoms with Crippen molar-refractivity contribution >= 4 is 17.3 Å². The third-order valence-electron chi connectivity index (χ3n) is 3.12. The zero-order chi connectivity index (χ0) is 14.5. The number of nitrogen functional groups attached to an aromatic ring is 1. The number of aryl methyl sites for hydroxylation is 1. The first-order chi connectivity index (χ1) is 9.63. The second kappa shape index (κ2) is 6.10. The molecule has 0 spiro atoms. The smallest absolute Gasteiger partial charge is 0.255 e. The van der Waals surface area contributed by atoms with Gasteiger partial charge in [0.05, 0.1) is 12.8 Å². The van der Waals surface area contributed by atoms with Crippen LogP contribution in [-0.4, -0.2) is 13.0 Å². The molecular formula is C16H18N2O2. The minimum atomic E-state index is -0.153. The molecule has 0 aliphatic rings. The van der Waals surface area contributed by atoms with Crippen LogP contribution in [0.25, 0.3) is 0 Å². The second-order valence-corrected chi connectivity index (χ2v) is 4.46. The summed E-state index contributed by atoms with van der Waals surface area (Å²) in [4.78, 5) is 12.1. The lowest BCUT2D eigenvalue weighted by atomic mass is 10.1. The number of nitrogens with one attached hydrogen (secondary N) is 1. The predicted molar refractivity (Wildman–Crippen MR) is 81.2 cm³/mol. The summed E-state index contributed by atoms with van der Waals surface area (Å²) < 4.78 is 5.13. The topological polar surface area (TPSA) is 64.4 Å². The Kier molecular flexibility index (Phi) is 4.25. The number of nitrogens with two attached hydrogens (primary N) is 1. The Morgan fingerprint density at radius 3 is 2.50 bits per heavy atom. The van der Waals surface area contributed by atoms with Gasteiger partial charge in [0, 0.05) is 17.3 Å². The minimum absolute atomic E-state index is 0.153. The van der Waals surface area contributed by atoms with Crippen molar-refractivity contribution in [3.63, 3.8) is 0 Å². The van der Waals surface area contributed by atoms with E-state index in [1.54, 1.807) is 25.3 Å². The molecular weight excluding hydrogens is 252 g/mol. The standard InChI is InChI=1S/C16H18N2O2/c1-3-11-4-6-12(7-5-11)16(19)18-13-8-9-14(17)15(10-13)20-2/h4-10H,3,17H2,1-2H3,(H,18,19). The number of carbonyl (C=O) groups is 1. The molecule has 2 aromatic carbocycles. The van der Waals surface area contributed by atoms with Crippen LogP contribution in [0.5, 0.6) is 5.75 Å². The van der Waals surface area contributed by atoms with Gasteiger partial charge in [0.25, 0.3) is 5.91 Å². The van der Waals surface area contributed by atoms with Crippen LogP contribution in [0.2, 0.25) is 0 Å².